The van der Waals surface area contributed by atoms with Crippen molar-refractivity contribution in [1.82, 2.24) is 10.9 Å². The van der Waals surface area contributed by atoms with Crippen LogP contribution in [0, 0.1) is 0 Å². The molecule has 0 fully saturated rings. The first kappa shape index (κ1) is 15.9. The molecule has 1 aromatic rings. The first-order chi connectivity index (χ1) is 9.67. The van der Waals surface area contributed by atoms with Crippen LogP contribution in [0.1, 0.15) is 36.0 Å². The summed E-state index contributed by atoms with van der Waals surface area (Å²) in [7, 11) is 0. The molecule has 20 heavy (non-hydrogen) atoms. The van der Waals surface area contributed by atoms with Crippen LogP contribution in [0.5, 0.6) is 0 Å². The van der Waals surface area contributed by atoms with Crippen LogP contribution in [0.4, 0.5) is 5.69 Å². The summed E-state index contributed by atoms with van der Waals surface area (Å²) >= 11 is 0. The molecule has 2 amide bonds. The SMILES string of the molecule is NNC(=O)CCCCCNc1ccc(C(=O)NN)cc1. The van der Waals surface area contributed by atoms with Crippen molar-refractivity contribution in [2.24, 2.45) is 11.7 Å². The molecule has 0 saturated heterocycles. The molecule has 0 aliphatic heterocycles. The summed E-state index contributed by atoms with van der Waals surface area (Å²) in [5.41, 5.74) is 5.65. The van der Waals surface area contributed by atoms with Gasteiger partial charge in [0.2, 0.25) is 5.91 Å². The molecule has 0 spiro atoms. The van der Waals surface area contributed by atoms with E-state index in [1.807, 2.05) is 12.1 Å². The fraction of sp³-hybridized carbons (Fsp3) is 0.385. The summed E-state index contributed by atoms with van der Waals surface area (Å²) in [5.74, 6) is 9.59. The van der Waals surface area contributed by atoms with Crippen molar-refractivity contribution in [3.05, 3.63) is 29.8 Å². The predicted octanol–water partition coefficient (Wildman–Crippen LogP) is 0.252. The Bertz CT molecular complexity index is 433. The van der Waals surface area contributed by atoms with Crippen LogP contribution in [0.15, 0.2) is 24.3 Å². The van der Waals surface area contributed by atoms with Gasteiger partial charge in [-0.1, -0.05) is 6.42 Å². The number of amides is 2. The Kier molecular flexibility index (Phi) is 7.08. The average Bonchev–Trinajstić information content (AvgIpc) is 2.50. The maximum Gasteiger partial charge on any atom is 0.265 e. The van der Waals surface area contributed by atoms with Gasteiger partial charge in [0.15, 0.2) is 0 Å². The molecule has 0 aliphatic carbocycles. The van der Waals surface area contributed by atoms with Crippen LogP contribution < -0.4 is 27.9 Å². The van der Waals surface area contributed by atoms with E-state index in [1.54, 1.807) is 12.1 Å². The number of rotatable bonds is 8. The normalized spacial score (nSPS) is 9.90. The molecular weight excluding hydrogens is 258 g/mol. The molecule has 0 radical (unpaired) electrons. The number of anilines is 1. The second-order valence-corrected chi connectivity index (χ2v) is 4.36. The Morgan fingerprint density at radius 1 is 0.950 bits per heavy atom. The van der Waals surface area contributed by atoms with E-state index in [9.17, 15) is 9.59 Å². The van der Waals surface area contributed by atoms with E-state index in [0.29, 0.717) is 12.0 Å². The molecule has 0 aromatic heterocycles. The number of carbonyl (C=O) groups excluding carboxylic acids is 2. The van der Waals surface area contributed by atoms with Crippen molar-refractivity contribution in [3.8, 4) is 0 Å². The number of hydrogen-bond donors (Lipinski definition) is 5. The van der Waals surface area contributed by atoms with Gasteiger partial charge in [-0.15, -0.1) is 0 Å². The molecule has 7 heteroatoms. The minimum Gasteiger partial charge on any atom is -0.385 e. The molecule has 7 nitrogen and oxygen atoms in total. The minimum atomic E-state index is -0.310. The summed E-state index contributed by atoms with van der Waals surface area (Å²) in [4.78, 5) is 22.1. The predicted molar refractivity (Wildman–Crippen MR) is 77.4 cm³/mol. The molecule has 0 bridgehead atoms. The van der Waals surface area contributed by atoms with Crippen molar-refractivity contribution in [2.45, 2.75) is 25.7 Å². The number of unbranched alkanes of at least 4 members (excludes halogenated alkanes) is 2. The van der Waals surface area contributed by atoms with Gasteiger partial charge in [0.1, 0.15) is 0 Å². The summed E-state index contributed by atoms with van der Waals surface area (Å²) in [6, 6.07) is 7.06. The standard InChI is InChI=1S/C13H21N5O2/c14-17-12(19)4-2-1-3-9-16-11-7-5-10(6-8-11)13(20)18-15/h5-8,16H,1-4,9,14-15H2,(H,17,19)(H,18,20). The number of nitrogen functional groups attached to an aromatic ring is 1. The number of nitrogens with two attached hydrogens (primary N) is 2. The van der Waals surface area contributed by atoms with Crippen LogP contribution in [0.2, 0.25) is 0 Å². The lowest BCUT2D eigenvalue weighted by molar-refractivity contribution is -0.121. The zero-order valence-electron chi connectivity index (χ0n) is 11.3. The van der Waals surface area contributed by atoms with E-state index in [-0.39, 0.29) is 11.8 Å². The summed E-state index contributed by atoms with van der Waals surface area (Å²) in [6.07, 6.45) is 3.19. The highest BCUT2D eigenvalue weighted by Gasteiger charge is 2.02. The van der Waals surface area contributed by atoms with Crippen LogP contribution in [-0.2, 0) is 4.79 Å². The molecule has 0 atom stereocenters. The van der Waals surface area contributed by atoms with Gasteiger partial charge in [-0.05, 0) is 37.1 Å². The van der Waals surface area contributed by atoms with Gasteiger partial charge in [-0.2, -0.15) is 0 Å². The van der Waals surface area contributed by atoms with Crippen molar-refractivity contribution in [3.63, 3.8) is 0 Å². The highest BCUT2D eigenvalue weighted by Crippen LogP contribution is 2.10. The fourth-order valence-electron chi connectivity index (χ4n) is 1.72. The summed E-state index contributed by atoms with van der Waals surface area (Å²) in [6.45, 7) is 0.812. The topological polar surface area (TPSA) is 122 Å². The Morgan fingerprint density at radius 3 is 2.25 bits per heavy atom. The molecule has 0 heterocycles. The summed E-state index contributed by atoms with van der Waals surface area (Å²) in [5, 5.41) is 3.24. The average molecular weight is 279 g/mol. The fourth-order valence-corrected chi connectivity index (χ4v) is 1.72. The van der Waals surface area contributed by atoms with E-state index < -0.39 is 0 Å². The third-order valence-electron chi connectivity index (χ3n) is 2.85. The van der Waals surface area contributed by atoms with Crippen LogP contribution in [-0.4, -0.2) is 18.4 Å². The number of hydrogen-bond acceptors (Lipinski definition) is 5. The highest BCUT2D eigenvalue weighted by atomic mass is 16.2. The van der Waals surface area contributed by atoms with E-state index in [0.717, 1.165) is 31.5 Å². The Labute approximate surface area is 118 Å². The largest absolute Gasteiger partial charge is 0.385 e. The van der Waals surface area contributed by atoms with E-state index in [4.69, 9.17) is 11.7 Å². The molecule has 0 unspecified atom stereocenters. The number of hydrazine groups is 2. The molecule has 1 rings (SSSR count). The van der Waals surface area contributed by atoms with E-state index >= 15 is 0 Å². The molecule has 0 aliphatic rings. The van der Waals surface area contributed by atoms with Crippen LogP contribution in [0.25, 0.3) is 0 Å². The van der Waals surface area contributed by atoms with Gasteiger partial charge in [0.25, 0.3) is 5.91 Å². The van der Waals surface area contributed by atoms with Gasteiger partial charge >= 0.3 is 0 Å². The lowest BCUT2D eigenvalue weighted by atomic mass is 10.1. The van der Waals surface area contributed by atoms with Gasteiger partial charge in [-0.25, -0.2) is 11.7 Å². The first-order valence-electron chi connectivity index (χ1n) is 6.51. The third-order valence-corrected chi connectivity index (χ3v) is 2.85. The maximum atomic E-state index is 11.2. The monoisotopic (exact) mass is 279 g/mol. The Hall–Kier alpha value is -2.12. The van der Waals surface area contributed by atoms with Gasteiger partial charge in [0.05, 0.1) is 0 Å². The summed E-state index contributed by atoms with van der Waals surface area (Å²) < 4.78 is 0. The molecule has 0 saturated carbocycles. The molecule has 110 valence electrons. The zero-order valence-corrected chi connectivity index (χ0v) is 11.3. The lowest BCUT2D eigenvalue weighted by Gasteiger charge is -2.07. The van der Waals surface area contributed by atoms with Crippen molar-refractivity contribution in [2.75, 3.05) is 11.9 Å². The van der Waals surface area contributed by atoms with E-state index in [2.05, 4.69) is 16.2 Å². The van der Waals surface area contributed by atoms with Crippen molar-refractivity contribution < 1.29 is 9.59 Å². The number of nitrogens with one attached hydrogen (secondary N) is 3. The van der Waals surface area contributed by atoms with Crippen LogP contribution >= 0.6 is 0 Å². The second kappa shape index (κ2) is 8.89. The Balaban J connectivity index is 2.19. The molecule has 1 aromatic carbocycles. The lowest BCUT2D eigenvalue weighted by Crippen LogP contribution is -2.29. The van der Waals surface area contributed by atoms with Gasteiger partial charge < -0.3 is 5.32 Å². The maximum absolute atomic E-state index is 11.2. The van der Waals surface area contributed by atoms with E-state index in [1.165, 1.54) is 0 Å². The Morgan fingerprint density at radius 2 is 1.65 bits per heavy atom. The molecular formula is C13H21N5O2. The quantitative estimate of drug-likeness (QED) is 0.202. The van der Waals surface area contributed by atoms with Crippen LogP contribution in [0.3, 0.4) is 0 Å². The smallest absolute Gasteiger partial charge is 0.265 e. The highest BCUT2D eigenvalue weighted by molar-refractivity contribution is 5.94. The number of benzene rings is 1. The van der Waals surface area contributed by atoms with Crippen molar-refractivity contribution >= 4 is 17.5 Å². The van der Waals surface area contributed by atoms with Gasteiger partial charge in [0, 0.05) is 24.2 Å². The molecule has 7 N–H and O–H groups in total. The minimum absolute atomic E-state index is 0.133. The number of carbonyl (C=O) groups is 2. The van der Waals surface area contributed by atoms with Crippen molar-refractivity contribution in [1.29, 1.82) is 0 Å². The first-order valence-corrected chi connectivity index (χ1v) is 6.51. The second-order valence-electron chi connectivity index (χ2n) is 4.36. The third kappa shape index (κ3) is 5.68. The van der Waals surface area contributed by atoms with Gasteiger partial charge in [-0.3, -0.25) is 20.4 Å². The zero-order chi connectivity index (χ0) is 14.8.